The molecule has 0 aliphatic rings. The second-order valence-corrected chi connectivity index (χ2v) is 4.21. The van der Waals surface area contributed by atoms with E-state index in [4.69, 9.17) is 0 Å². The number of amides is 1. The van der Waals surface area contributed by atoms with Crippen LogP contribution < -0.4 is 10.6 Å². The average Bonchev–Trinajstić information content (AvgIpc) is 2.36. The number of carbonyl (C=O) groups is 1. The Balaban J connectivity index is 2.78. The molecule has 0 saturated carbocycles. The van der Waals surface area contributed by atoms with Gasteiger partial charge in [0.2, 0.25) is 5.91 Å². The van der Waals surface area contributed by atoms with E-state index in [0.29, 0.717) is 12.1 Å². The van der Waals surface area contributed by atoms with Gasteiger partial charge in [-0.1, -0.05) is 13.0 Å². The molecule has 5 heteroatoms. The first-order valence-electron chi connectivity index (χ1n) is 5.96. The molecule has 1 unspecified atom stereocenters. The molecule has 1 amide bonds. The summed E-state index contributed by atoms with van der Waals surface area (Å²) in [4.78, 5) is 11.6. The standard InChI is InChI=1S/C13H18F2N2O/c1-4-7-16-13(18)9(3)17-12-10(14)6-5-8(2)11(12)15/h5-6,9,17H,4,7H2,1-3H3,(H,16,18). The molecule has 1 aromatic carbocycles. The third-order valence-corrected chi connectivity index (χ3v) is 2.59. The number of anilines is 1. The highest BCUT2D eigenvalue weighted by molar-refractivity contribution is 5.84. The van der Waals surface area contributed by atoms with Gasteiger partial charge in [-0.05, 0) is 31.9 Å². The monoisotopic (exact) mass is 256 g/mol. The van der Waals surface area contributed by atoms with Gasteiger partial charge in [-0.3, -0.25) is 4.79 Å². The van der Waals surface area contributed by atoms with Gasteiger partial charge < -0.3 is 10.6 Å². The molecule has 0 bridgehead atoms. The lowest BCUT2D eigenvalue weighted by molar-refractivity contribution is -0.121. The molecule has 0 fully saturated rings. The quantitative estimate of drug-likeness (QED) is 0.850. The van der Waals surface area contributed by atoms with Crippen LogP contribution in [0.2, 0.25) is 0 Å². The molecule has 100 valence electrons. The largest absolute Gasteiger partial charge is 0.369 e. The lowest BCUT2D eigenvalue weighted by atomic mass is 10.1. The third kappa shape index (κ3) is 3.42. The first-order chi connectivity index (χ1) is 8.47. The van der Waals surface area contributed by atoms with Gasteiger partial charge >= 0.3 is 0 Å². The van der Waals surface area contributed by atoms with Crippen molar-refractivity contribution in [1.82, 2.24) is 5.32 Å². The van der Waals surface area contributed by atoms with E-state index < -0.39 is 17.7 Å². The zero-order valence-corrected chi connectivity index (χ0v) is 10.8. The minimum atomic E-state index is -0.701. The molecule has 0 aromatic heterocycles. The Morgan fingerprint density at radius 3 is 2.67 bits per heavy atom. The molecule has 2 N–H and O–H groups in total. The van der Waals surface area contributed by atoms with E-state index in [2.05, 4.69) is 10.6 Å². The van der Waals surface area contributed by atoms with Crippen LogP contribution in [0.1, 0.15) is 25.8 Å². The molecule has 0 aliphatic heterocycles. The molecule has 1 rings (SSSR count). The maximum Gasteiger partial charge on any atom is 0.242 e. The predicted molar refractivity (Wildman–Crippen MR) is 67.5 cm³/mol. The van der Waals surface area contributed by atoms with Gasteiger partial charge in [0.1, 0.15) is 17.5 Å². The second kappa shape index (κ2) is 6.33. The Kier molecular flexibility index (Phi) is 5.07. The summed E-state index contributed by atoms with van der Waals surface area (Å²) < 4.78 is 27.2. The summed E-state index contributed by atoms with van der Waals surface area (Å²) in [6, 6.07) is 1.84. The summed E-state index contributed by atoms with van der Waals surface area (Å²) in [6.07, 6.45) is 0.811. The fraction of sp³-hybridized carbons (Fsp3) is 0.462. The normalized spacial score (nSPS) is 12.1. The average molecular weight is 256 g/mol. The molecule has 0 heterocycles. The molecular weight excluding hydrogens is 238 g/mol. The van der Waals surface area contributed by atoms with Crippen molar-refractivity contribution in [1.29, 1.82) is 0 Å². The van der Waals surface area contributed by atoms with Crippen molar-refractivity contribution in [3.63, 3.8) is 0 Å². The number of aryl methyl sites for hydroxylation is 1. The SMILES string of the molecule is CCCNC(=O)C(C)Nc1c(F)ccc(C)c1F. The lowest BCUT2D eigenvalue weighted by Gasteiger charge is -2.16. The minimum absolute atomic E-state index is 0.255. The van der Waals surface area contributed by atoms with Crippen molar-refractivity contribution in [2.45, 2.75) is 33.2 Å². The predicted octanol–water partition coefficient (Wildman–Crippen LogP) is 2.60. The summed E-state index contributed by atoms with van der Waals surface area (Å²) in [5, 5.41) is 5.23. The van der Waals surface area contributed by atoms with Crippen LogP contribution in [0.3, 0.4) is 0 Å². The third-order valence-electron chi connectivity index (χ3n) is 2.59. The minimum Gasteiger partial charge on any atom is -0.369 e. The van der Waals surface area contributed by atoms with Gasteiger partial charge in [-0.25, -0.2) is 8.78 Å². The summed E-state index contributed by atoms with van der Waals surface area (Å²) in [5.74, 6) is -1.64. The lowest BCUT2D eigenvalue weighted by Crippen LogP contribution is -2.38. The van der Waals surface area contributed by atoms with Crippen molar-refractivity contribution in [2.24, 2.45) is 0 Å². The van der Waals surface area contributed by atoms with E-state index >= 15 is 0 Å². The fourth-order valence-corrected chi connectivity index (χ4v) is 1.47. The van der Waals surface area contributed by atoms with Crippen LogP contribution in [-0.4, -0.2) is 18.5 Å². The van der Waals surface area contributed by atoms with Crippen molar-refractivity contribution in [3.05, 3.63) is 29.3 Å². The van der Waals surface area contributed by atoms with Crippen LogP contribution in [0.25, 0.3) is 0 Å². The fourth-order valence-electron chi connectivity index (χ4n) is 1.47. The highest BCUT2D eigenvalue weighted by atomic mass is 19.1. The summed E-state index contributed by atoms with van der Waals surface area (Å²) >= 11 is 0. The number of benzene rings is 1. The molecular formula is C13H18F2N2O. The van der Waals surface area contributed by atoms with Crippen LogP contribution in [0.5, 0.6) is 0 Å². The summed E-state index contributed by atoms with van der Waals surface area (Å²) in [6.45, 7) is 5.58. The van der Waals surface area contributed by atoms with Crippen LogP contribution in [0, 0.1) is 18.6 Å². The maximum absolute atomic E-state index is 13.7. The van der Waals surface area contributed by atoms with Gasteiger partial charge in [0.15, 0.2) is 5.82 Å². The molecule has 0 aliphatic carbocycles. The number of halogens is 2. The number of nitrogens with one attached hydrogen (secondary N) is 2. The second-order valence-electron chi connectivity index (χ2n) is 4.21. The Hall–Kier alpha value is -1.65. The van der Waals surface area contributed by atoms with Crippen LogP contribution in [0.4, 0.5) is 14.5 Å². The van der Waals surface area contributed by atoms with Gasteiger partial charge in [0.25, 0.3) is 0 Å². The molecule has 1 atom stereocenters. The Bertz CT molecular complexity index is 435. The zero-order chi connectivity index (χ0) is 13.7. The first-order valence-corrected chi connectivity index (χ1v) is 5.96. The van der Waals surface area contributed by atoms with Crippen LogP contribution >= 0.6 is 0 Å². The molecule has 1 aromatic rings. The van der Waals surface area contributed by atoms with E-state index in [-0.39, 0.29) is 11.6 Å². The highest BCUT2D eigenvalue weighted by Crippen LogP contribution is 2.22. The number of hydrogen-bond donors (Lipinski definition) is 2. The van der Waals surface area contributed by atoms with E-state index in [1.807, 2.05) is 6.92 Å². The van der Waals surface area contributed by atoms with Crippen molar-refractivity contribution in [2.75, 3.05) is 11.9 Å². The molecule has 18 heavy (non-hydrogen) atoms. The number of hydrogen-bond acceptors (Lipinski definition) is 2. The Morgan fingerprint density at radius 1 is 1.39 bits per heavy atom. The smallest absolute Gasteiger partial charge is 0.242 e. The number of carbonyl (C=O) groups excluding carboxylic acids is 1. The molecule has 0 saturated heterocycles. The summed E-state index contributed by atoms with van der Waals surface area (Å²) in [5.41, 5.74) is 0.0780. The van der Waals surface area contributed by atoms with E-state index in [1.165, 1.54) is 12.1 Å². The van der Waals surface area contributed by atoms with Gasteiger partial charge in [-0.2, -0.15) is 0 Å². The molecule has 0 spiro atoms. The van der Waals surface area contributed by atoms with Crippen LogP contribution in [0.15, 0.2) is 12.1 Å². The topological polar surface area (TPSA) is 41.1 Å². The van der Waals surface area contributed by atoms with Crippen molar-refractivity contribution >= 4 is 11.6 Å². The molecule has 3 nitrogen and oxygen atoms in total. The Labute approximate surface area is 106 Å². The van der Waals surface area contributed by atoms with Gasteiger partial charge in [-0.15, -0.1) is 0 Å². The zero-order valence-electron chi connectivity index (χ0n) is 10.8. The Morgan fingerprint density at radius 2 is 2.06 bits per heavy atom. The highest BCUT2D eigenvalue weighted by Gasteiger charge is 2.17. The summed E-state index contributed by atoms with van der Waals surface area (Å²) in [7, 11) is 0. The van der Waals surface area contributed by atoms with E-state index in [9.17, 15) is 13.6 Å². The maximum atomic E-state index is 13.7. The van der Waals surface area contributed by atoms with E-state index in [0.717, 1.165) is 6.42 Å². The number of rotatable bonds is 5. The van der Waals surface area contributed by atoms with E-state index in [1.54, 1.807) is 13.8 Å². The van der Waals surface area contributed by atoms with Gasteiger partial charge in [0, 0.05) is 6.54 Å². The van der Waals surface area contributed by atoms with Crippen molar-refractivity contribution in [3.8, 4) is 0 Å². The van der Waals surface area contributed by atoms with Crippen molar-refractivity contribution < 1.29 is 13.6 Å². The van der Waals surface area contributed by atoms with Gasteiger partial charge in [0.05, 0.1) is 0 Å². The molecule has 0 radical (unpaired) electrons. The van der Waals surface area contributed by atoms with Crippen LogP contribution in [-0.2, 0) is 4.79 Å². The first kappa shape index (κ1) is 14.4.